The van der Waals surface area contributed by atoms with Gasteiger partial charge in [-0.25, -0.2) is 4.79 Å². The number of ether oxygens (including phenoxy) is 1. The summed E-state index contributed by atoms with van der Waals surface area (Å²) in [4.78, 5) is 18.0. The molecule has 0 N–H and O–H groups in total. The minimum Gasteiger partial charge on any atom is -0.458 e. The van der Waals surface area contributed by atoms with Gasteiger partial charge in [-0.1, -0.05) is 90.5 Å². The van der Waals surface area contributed by atoms with Gasteiger partial charge in [-0.05, 0) is 32.4 Å². The first-order chi connectivity index (χ1) is 14.3. The van der Waals surface area contributed by atoms with E-state index in [2.05, 4.69) is 0 Å². The van der Waals surface area contributed by atoms with Crippen LogP contribution < -0.4 is 0 Å². The molecule has 0 bridgehead atoms. The molecule has 0 spiro atoms. The molecule has 0 fully saturated rings. The zero-order valence-corrected chi connectivity index (χ0v) is 18.3. The van der Waals surface area contributed by atoms with Gasteiger partial charge < -0.3 is 4.74 Å². The van der Waals surface area contributed by atoms with Crippen molar-refractivity contribution in [3.8, 4) is 0 Å². The highest BCUT2D eigenvalue weighted by molar-refractivity contribution is 6.31. The molecule has 3 nitrogen and oxygen atoms in total. The fourth-order valence-corrected chi connectivity index (χ4v) is 3.30. The number of carbonyl (C=O) groups excluding carboxylic acids is 1. The number of aliphatic imine (C=N–C) groups is 1. The van der Waals surface area contributed by atoms with E-state index in [4.69, 9.17) is 21.3 Å². The third-order valence-electron chi connectivity index (χ3n) is 4.43. The van der Waals surface area contributed by atoms with Gasteiger partial charge in [0.15, 0.2) is 6.04 Å². The van der Waals surface area contributed by atoms with Gasteiger partial charge in [0.2, 0.25) is 0 Å². The number of rotatable bonds is 6. The highest BCUT2D eigenvalue weighted by Gasteiger charge is 2.26. The van der Waals surface area contributed by atoms with Gasteiger partial charge in [-0.2, -0.15) is 0 Å². The minimum absolute atomic E-state index is 0.359. The third-order valence-corrected chi connectivity index (χ3v) is 4.80. The molecule has 0 amide bonds. The number of carbonyl (C=O) groups is 1. The fraction of sp³-hybridized carbons (Fsp3) is 0.231. The van der Waals surface area contributed by atoms with E-state index in [1.54, 1.807) is 0 Å². The van der Waals surface area contributed by atoms with Gasteiger partial charge in [-0.3, -0.25) is 4.99 Å². The molecule has 0 saturated carbocycles. The van der Waals surface area contributed by atoms with E-state index in [0.29, 0.717) is 11.4 Å². The molecule has 0 aliphatic carbocycles. The SMILES string of the molecule is CC(C)(C)OC(=O)[C@H](Cc1ccccc1Cl)N=C(c1ccccc1)c1ccccc1. The van der Waals surface area contributed by atoms with Crippen molar-refractivity contribution in [1.82, 2.24) is 0 Å². The zero-order chi connectivity index (χ0) is 21.6. The molecule has 154 valence electrons. The normalized spacial score (nSPS) is 12.1. The summed E-state index contributed by atoms with van der Waals surface area (Å²) in [5.74, 6) is -0.369. The summed E-state index contributed by atoms with van der Waals surface area (Å²) >= 11 is 6.38. The summed E-state index contributed by atoms with van der Waals surface area (Å²) in [6, 6.07) is 26.5. The van der Waals surface area contributed by atoms with Crippen molar-refractivity contribution in [2.75, 3.05) is 0 Å². The number of benzene rings is 3. The van der Waals surface area contributed by atoms with Crippen LogP contribution in [0.5, 0.6) is 0 Å². The molecule has 3 aromatic carbocycles. The highest BCUT2D eigenvalue weighted by atomic mass is 35.5. The maximum Gasteiger partial charge on any atom is 0.331 e. The Morgan fingerprint density at radius 3 is 1.87 bits per heavy atom. The van der Waals surface area contributed by atoms with Gasteiger partial charge in [0, 0.05) is 22.6 Å². The summed E-state index contributed by atoms with van der Waals surface area (Å²) in [6.07, 6.45) is 0.359. The van der Waals surface area contributed by atoms with Crippen LogP contribution in [-0.4, -0.2) is 23.3 Å². The molecular formula is C26H26ClNO2. The smallest absolute Gasteiger partial charge is 0.331 e. The highest BCUT2D eigenvalue weighted by Crippen LogP contribution is 2.21. The first kappa shape index (κ1) is 21.8. The number of hydrogen-bond acceptors (Lipinski definition) is 3. The molecular weight excluding hydrogens is 394 g/mol. The van der Waals surface area contributed by atoms with Gasteiger partial charge in [0.05, 0.1) is 5.71 Å². The second-order valence-electron chi connectivity index (χ2n) is 8.05. The lowest BCUT2D eigenvalue weighted by Crippen LogP contribution is -2.33. The molecule has 0 radical (unpaired) electrons. The van der Waals surface area contributed by atoms with Crippen LogP contribution in [0.25, 0.3) is 0 Å². The lowest BCUT2D eigenvalue weighted by Gasteiger charge is -2.23. The molecule has 1 atom stereocenters. The number of nitrogens with zero attached hydrogens (tertiary/aromatic N) is 1. The number of halogens is 1. The van der Waals surface area contributed by atoms with Gasteiger partial charge in [0.1, 0.15) is 5.60 Å². The van der Waals surface area contributed by atoms with Crippen molar-refractivity contribution in [2.45, 2.75) is 38.8 Å². The van der Waals surface area contributed by atoms with Crippen molar-refractivity contribution in [1.29, 1.82) is 0 Å². The summed E-state index contributed by atoms with van der Waals surface area (Å²) < 4.78 is 5.70. The average Bonchev–Trinajstić information content (AvgIpc) is 2.72. The quantitative estimate of drug-likeness (QED) is 0.356. The Morgan fingerprint density at radius 1 is 0.867 bits per heavy atom. The fourth-order valence-electron chi connectivity index (χ4n) is 3.09. The third kappa shape index (κ3) is 6.04. The summed E-state index contributed by atoms with van der Waals surface area (Å²) in [5.41, 5.74) is 2.89. The van der Waals surface area contributed by atoms with E-state index in [-0.39, 0.29) is 5.97 Å². The lowest BCUT2D eigenvalue weighted by atomic mass is 10.0. The molecule has 4 heteroatoms. The molecule has 0 aliphatic rings. The van der Waals surface area contributed by atoms with Crippen LogP contribution in [0.2, 0.25) is 5.02 Å². The van der Waals surface area contributed by atoms with Crippen LogP contribution in [0, 0.1) is 0 Å². The van der Waals surface area contributed by atoms with E-state index < -0.39 is 11.6 Å². The Hall–Kier alpha value is -2.91. The first-order valence-electron chi connectivity index (χ1n) is 9.98. The number of hydrogen-bond donors (Lipinski definition) is 0. The lowest BCUT2D eigenvalue weighted by molar-refractivity contribution is -0.156. The molecule has 3 rings (SSSR count). The van der Waals surface area contributed by atoms with E-state index >= 15 is 0 Å². The Balaban J connectivity index is 2.08. The second kappa shape index (κ2) is 9.73. The summed E-state index contributed by atoms with van der Waals surface area (Å²) in [6.45, 7) is 5.57. The van der Waals surface area contributed by atoms with Crippen molar-refractivity contribution in [2.24, 2.45) is 4.99 Å². The molecule has 30 heavy (non-hydrogen) atoms. The molecule has 0 aromatic heterocycles. The van der Waals surface area contributed by atoms with Crippen LogP contribution in [0.4, 0.5) is 0 Å². The maximum atomic E-state index is 13.1. The van der Waals surface area contributed by atoms with Crippen molar-refractivity contribution < 1.29 is 9.53 Å². The maximum absolute atomic E-state index is 13.1. The Bertz CT molecular complexity index is 966. The van der Waals surface area contributed by atoms with E-state index in [9.17, 15) is 4.79 Å². The zero-order valence-electron chi connectivity index (χ0n) is 17.5. The molecule has 0 saturated heterocycles. The Morgan fingerprint density at radius 2 is 1.37 bits per heavy atom. The molecule has 0 unspecified atom stereocenters. The topological polar surface area (TPSA) is 38.7 Å². The van der Waals surface area contributed by atoms with Crippen molar-refractivity contribution >= 4 is 23.3 Å². The molecule has 0 heterocycles. The predicted octanol–water partition coefficient (Wildman–Crippen LogP) is 6.13. The summed E-state index contributed by atoms with van der Waals surface area (Å²) in [5, 5.41) is 0.613. The van der Waals surface area contributed by atoms with E-state index in [1.165, 1.54) is 0 Å². The minimum atomic E-state index is -0.723. The Kier molecular flexibility index (Phi) is 7.07. The predicted molar refractivity (Wildman–Crippen MR) is 123 cm³/mol. The van der Waals surface area contributed by atoms with E-state index in [1.807, 2.05) is 106 Å². The summed E-state index contributed by atoms with van der Waals surface area (Å²) in [7, 11) is 0. The second-order valence-corrected chi connectivity index (χ2v) is 8.46. The van der Waals surface area contributed by atoms with Gasteiger partial charge >= 0.3 is 5.97 Å². The van der Waals surface area contributed by atoms with Crippen molar-refractivity contribution in [3.63, 3.8) is 0 Å². The van der Waals surface area contributed by atoms with Crippen LogP contribution in [0.3, 0.4) is 0 Å². The van der Waals surface area contributed by atoms with Gasteiger partial charge in [-0.15, -0.1) is 0 Å². The van der Waals surface area contributed by atoms with Crippen molar-refractivity contribution in [3.05, 3.63) is 107 Å². The molecule has 0 aliphatic heterocycles. The Labute approximate surface area is 183 Å². The number of esters is 1. The first-order valence-corrected chi connectivity index (χ1v) is 10.4. The van der Waals surface area contributed by atoms with Crippen LogP contribution in [0.15, 0.2) is 89.9 Å². The van der Waals surface area contributed by atoms with Crippen LogP contribution in [0.1, 0.15) is 37.5 Å². The van der Waals surface area contributed by atoms with Crippen LogP contribution in [-0.2, 0) is 16.0 Å². The van der Waals surface area contributed by atoms with E-state index in [0.717, 1.165) is 22.4 Å². The standard InChI is InChI=1S/C26H26ClNO2/c1-26(2,3)30-25(29)23(18-21-16-10-11-17-22(21)27)28-24(19-12-6-4-7-13-19)20-14-8-5-9-15-20/h4-17,23H,18H2,1-3H3/t23-/m0/s1. The monoisotopic (exact) mass is 419 g/mol. The van der Waals surface area contributed by atoms with Crippen LogP contribution >= 0.6 is 11.6 Å². The molecule has 3 aromatic rings. The van der Waals surface area contributed by atoms with Gasteiger partial charge in [0.25, 0.3) is 0 Å². The average molecular weight is 420 g/mol. The largest absolute Gasteiger partial charge is 0.458 e.